The topological polar surface area (TPSA) is 58.0 Å². The minimum atomic E-state index is -0.289. The minimum Gasteiger partial charge on any atom is -0.393 e. The Balaban J connectivity index is 2.33. The zero-order chi connectivity index (χ0) is 9.68. The molecule has 0 spiro atoms. The van der Waals surface area contributed by atoms with Gasteiger partial charge < -0.3 is 10.4 Å². The number of aliphatic hydroxyl groups is 1. The van der Waals surface area contributed by atoms with Crippen LogP contribution in [0.3, 0.4) is 0 Å². The average molecular weight is 246 g/mol. The number of hydrogen-bond donors (Lipinski definition) is 2. The molecule has 0 aromatic carbocycles. The summed E-state index contributed by atoms with van der Waals surface area (Å²) < 4.78 is 0.855. The van der Waals surface area contributed by atoms with Crippen molar-refractivity contribution in [1.29, 1.82) is 0 Å². The van der Waals surface area contributed by atoms with Gasteiger partial charge in [0.15, 0.2) is 0 Å². The molecule has 0 saturated carbocycles. The summed E-state index contributed by atoms with van der Waals surface area (Å²) in [5, 5.41) is 12.0. The molecule has 0 aliphatic heterocycles. The Morgan fingerprint density at radius 2 is 2.15 bits per heavy atom. The van der Waals surface area contributed by atoms with E-state index in [4.69, 9.17) is 5.11 Å². The van der Waals surface area contributed by atoms with E-state index in [1.54, 1.807) is 19.3 Å². The molecule has 0 bridgehead atoms. The lowest BCUT2D eigenvalue weighted by molar-refractivity contribution is 0.188. The van der Waals surface area contributed by atoms with Crippen LogP contribution in [0.4, 0.5) is 5.95 Å². The van der Waals surface area contributed by atoms with E-state index in [0.717, 1.165) is 4.47 Å². The quantitative estimate of drug-likeness (QED) is 0.843. The van der Waals surface area contributed by atoms with Gasteiger partial charge in [0.2, 0.25) is 5.95 Å². The fourth-order valence-electron chi connectivity index (χ4n) is 0.796. The molecule has 72 valence electrons. The number of nitrogens with zero attached hydrogens (tertiary/aromatic N) is 2. The molecular formula is C8H12BrN3O. The molecule has 1 atom stereocenters. The van der Waals surface area contributed by atoms with Crippen LogP contribution in [0.1, 0.15) is 13.3 Å². The predicted molar refractivity (Wildman–Crippen MR) is 54.5 cm³/mol. The number of anilines is 1. The zero-order valence-electron chi connectivity index (χ0n) is 7.37. The first-order valence-electron chi connectivity index (χ1n) is 4.08. The standard InChI is InChI=1S/C8H12BrN3O/c1-6(13)2-3-10-8-11-4-7(9)5-12-8/h4-6,13H,2-3H2,1H3,(H,10,11,12)/t6-/m0/s1. The summed E-state index contributed by atoms with van der Waals surface area (Å²) in [6, 6.07) is 0. The highest BCUT2D eigenvalue weighted by atomic mass is 79.9. The van der Waals surface area contributed by atoms with Crippen molar-refractivity contribution in [2.45, 2.75) is 19.4 Å². The van der Waals surface area contributed by atoms with Crippen molar-refractivity contribution < 1.29 is 5.11 Å². The Bertz CT molecular complexity index is 250. The van der Waals surface area contributed by atoms with Gasteiger partial charge in [-0.25, -0.2) is 9.97 Å². The van der Waals surface area contributed by atoms with Crippen LogP contribution in [-0.2, 0) is 0 Å². The van der Waals surface area contributed by atoms with Crippen LogP contribution >= 0.6 is 15.9 Å². The fourth-order valence-corrected chi connectivity index (χ4v) is 1.00. The Morgan fingerprint density at radius 1 is 1.54 bits per heavy atom. The van der Waals surface area contributed by atoms with Crippen LogP contribution in [0.15, 0.2) is 16.9 Å². The highest BCUT2D eigenvalue weighted by Gasteiger charge is 1.97. The molecule has 1 heterocycles. The molecule has 0 aliphatic carbocycles. The van der Waals surface area contributed by atoms with E-state index < -0.39 is 0 Å². The summed E-state index contributed by atoms with van der Waals surface area (Å²) in [4.78, 5) is 8.05. The van der Waals surface area contributed by atoms with Crippen molar-refractivity contribution in [2.24, 2.45) is 0 Å². The van der Waals surface area contributed by atoms with Crippen molar-refractivity contribution in [2.75, 3.05) is 11.9 Å². The van der Waals surface area contributed by atoms with Crippen molar-refractivity contribution in [3.8, 4) is 0 Å². The van der Waals surface area contributed by atoms with Gasteiger partial charge in [-0.1, -0.05) is 0 Å². The highest BCUT2D eigenvalue weighted by molar-refractivity contribution is 9.10. The molecule has 0 unspecified atom stereocenters. The molecular weight excluding hydrogens is 234 g/mol. The molecule has 0 aliphatic rings. The Hall–Kier alpha value is -0.680. The number of aromatic nitrogens is 2. The van der Waals surface area contributed by atoms with Crippen molar-refractivity contribution in [3.63, 3.8) is 0 Å². The van der Waals surface area contributed by atoms with E-state index in [0.29, 0.717) is 18.9 Å². The van der Waals surface area contributed by atoms with Gasteiger partial charge in [-0.2, -0.15) is 0 Å². The first kappa shape index (κ1) is 10.4. The van der Waals surface area contributed by atoms with Gasteiger partial charge >= 0.3 is 0 Å². The lowest BCUT2D eigenvalue weighted by Gasteiger charge is -2.05. The summed E-state index contributed by atoms with van der Waals surface area (Å²) >= 11 is 3.24. The molecule has 0 radical (unpaired) electrons. The second-order valence-corrected chi connectivity index (χ2v) is 3.71. The molecule has 2 N–H and O–H groups in total. The number of aliphatic hydroxyl groups excluding tert-OH is 1. The molecule has 0 fully saturated rings. The molecule has 13 heavy (non-hydrogen) atoms. The molecule has 0 amide bonds. The van der Waals surface area contributed by atoms with Crippen molar-refractivity contribution in [1.82, 2.24) is 9.97 Å². The highest BCUT2D eigenvalue weighted by Crippen LogP contribution is 2.06. The van der Waals surface area contributed by atoms with Crippen LogP contribution in [0.5, 0.6) is 0 Å². The second-order valence-electron chi connectivity index (χ2n) is 2.79. The normalized spacial score (nSPS) is 12.5. The average Bonchev–Trinajstić information content (AvgIpc) is 2.08. The van der Waals surface area contributed by atoms with Crippen LogP contribution in [0.25, 0.3) is 0 Å². The molecule has 1 aromatic rings. The van der Waals surface area contributed by atoms with Gasteiger partial charge in [-0.15, -0.1) is 0 Å². The van der Waals surface area contributed by atoms with Gasteiger partial charge in [-0.3, -0.25) is 0 Å². The Morgan fingerprint density at radius 3 is 2.69 bits per heavy atom. The van der Waals surface area contributed by atoms with Gasteiger partial charge in [0.1, 0.15) is 0 Å². The SMILES string of the molecule is C[C@H](O)CCNc1ncc(Br)cn1. The monoisotopic (exact) mass is 245 g/mol. The summed E-state index contributed by atoms with van der Waals surface area (Å²) in [5.74, 6) is 0.587. The van der Waals surface area contributed by atoms with E-state index in [1.807, 2.05) is 0 Å². The van der Waals surface area contributed by atoms with Crippen LogP contribution in [-0.4, -0.2) is 27.7 Å². The largest absolute Gasteiger partial charge is 0.393 e. The number of nitrogens with one attached hydrogen (secondary N) is 1. The molecule has 0 saturated heterocycles. The van der Waals surface area contributed by atoms with Gasteiger partial charge in [0, 0.05) is 18.9 Å². The summed E-state index contributed by atoms with van der Waals surface area (Å²) in [5.41, 5.74) is 0. The second kappa shape index (κ2) is 5.14. The van der Waals surface area contributed by atoms with Crippen molar-refractivity contribution >= 4 is 21.9 Å². The van der Waals surface area contributed by atoms with E-state index in [-0.39, 0.29) is 6.10 Å². The maximum atomic E-state index is 8.99. The summed E-state index contributed by atoms with van der Waals surface area (Å²) in [6.45, 7) is 2.43. The first-order valence-corrected chi connectivity index (χ1v) is 4.87. The third-order valence-corrected chi connectivity index (χ3v) is 1.88. The molecule has 5 heteroatoms. The van der Waals surface area contributed by atoms with Crippen LogP contribution < -0.4 is 5.32 Å². The number of hydrogen-bond acceptors (Lipinski definition) is 4. The lowest BCUT2D eigenvalue weighted by atomic mass is 10.3. The molecule has 1 rings (SSSR count). The van der Waals surface area contributed by atoms with E-state index in [2.05, 4.69) is 31.2 Å². The third-order valence-electron chi connectivity index (χ3n) is 1.47. The van der Waals surface area contributed by atoms with Crippen LogP contribution in [0, 0.1) is 0 Å². The first-order chi connectivity index (χ1) is 6.18. The Labute approximate surface area is 85.5 Å². The van der Waals surface area contributed by atoms with Crippen molar-refractivity contribution in [3.05, 3.63) is 16.9 Å². The molecule has 4 nitrogen and oxygen atoms in total. The number of rotatable bonds is 4. The zero-order valence-corrected chi connectivity index (χ0v) is 8.95. The minimum absolute atomic E-state index is 0.289. The summed E-state index contributed by atoms with van der Waals surface area (Å²) in [7, 11) is 0. The fraction of sp³-hybridized carbons (Fsp3) is 0.500. The maximum Gasteiger partial charge on any atom is 0.222 e. The van der Waals surface area contributed by atoms with E-state index in [9.17, 15) is 0 Å². The smallest absolute Gasteiger partial charge is 0.222 e. The Kier molecular flexibility index (Phi) is 4.11. The van der Waals surface area contributed by atoms with Gasteiger partial charge in [0.25, 0.3) is 0 Å². The lowest BCUT2D eigenvalue weighted by Crippen LogP contribution is -2.11. The van der Waals surface area contributed by atoms with Gasteiger partial charge in [0.05, 0.1) is 10.6 Å². The van der Waals surface area contributed by atoms with E-state index in [1.165, 1.54) is 0 Å². The van der Waals surface area contributed by atoms with E-state index >= 15 is 0 Å². The molecule has 1 aromatic heterocycles. The van der Waals surface area contributed by atoms with Crippen LogP contribution in [0.2, 0.25) is 0 Å². The maximum absolute atomic E-state index is 8.99. The third kappa shape index (κ3) is 4.19. The predicted octanol–water partition coefficient (Wildman–Crippen LogP) is 1.42. The summed E-state index contributed by atoms with van der Waals surface area (Å²) in [6.07, 6.45) is 3.76. The number of halogens is 1. The van der Waals surface area contributed by atoms with Gasteiger partial charge in [-0.05, 0) is 29.3 Å².